The Kier molecular flexibility index (Phi) is 4.42. The fraction of sp³-hybridized carbons (Fsp3) is 0.389. The van der Waals surface area contributed by atoms with Gasteiger partial charge in [-0.1, -0.05) is 23.7 Å². The van der Waals surface area contributed by atoms with Crippen molar-refractivity contribution in [2.24, 2.45) is 0 Å². The fourth-order valence-electron chi connectivity index (χ4n) is 3.58. The predicted molar refractivity (Wildman–Crippen MR) is 94.9 cm³/mol. The van der Waals surface area contributed by atoms with E-state index in [-0.39, 0.29) is 12.1 Å². The molecule has 3 heterocycles. The summed E-state index contributed by atoms with van der Waals surface area (Å²) in [6.45, 7) is 3.25. The van der Waals surface area contributed by atoms with Crippen LogP contribution in [0, 0.1) is 0 Å². The lowest BCUT2D eigenvalue weighted by molar-refractivity contribution is -0.114. The summed E-state index contributed by atoms with van der Waals surface area (Å²) in [6.07, 6.45) is 2.10. The first-order valence-corrected chi connectivity index (χ1v) is 8.95. The van der Waals surface area contributed by atoms with Gasteiger partial charge in [-0.25, -0.2) is 4.79 Å². The Bertz CT molecular complexity index is 819. The Morgan fingerprint density at radius 2 is 2.31 bits per heavy atom. The lowest BCUT2D eigenvalue weighted by atomic mass is 9.87. The van der Waals surface area contributed by atoms with E-state index in [0.29, 0.717) is 42.6 Å². The average molecular weight is 375 g/mol. The van der Waals surface area contributed by atoms with Crippen LogP contribution < -0.4 is 10.1 Å². The summed E-state index contributed by atoms with van der Waals surface area (Å²) in [5.74, 6) is 0.567. The van der Waals surface area contributed by atoms with Crippen molar-refractivity contribution >= 4 is 17.6 Å². The smallest absolute Gasteiger partial charge is 0.321 e. The summed E-state index contributed by atoms with van der Waals surface area (Å²) >= 11 is 6.40. The molecule has 26 heavy (non-hydrogen) atoms. The third kappa shape index (κ3) is 2.68. The first-order chi connectivity index (χ1) is 12.7. The second-order valence-electron chi connectivity index (χ2n) is 6.21. The molecule has 136 valence electrons. The highest BCUT2D eigenvalue weighted by atomic mass is 35.5. The third-order valence-electron chi connectivity index (χ3n) is 4.74. The Labute approximate surface area is 156 Å². The monoisotopic (exact) mass is 374 g/mol. The van der Waals surface area contributed by atoms with Gasteiger partial charge in [0.05, 0.1) is 24.2 Å². The Morgan fingerprint density at radius 1 is 1.42 bits per heavy atom. The summed E-state index contributed by atoms with van der Waals surface area (Å²) in [6, 6.07) is 8.71. The molecule has 8 heteroatoms. The molecule has 0 saturated carbocycles. The maximum atomic E-state index is 12.9. The van der Waals surface area contributed by atoms with Gasteiger partial charge in [-0.2, -0.15) is 5.10 Å². The molecular formula is C18H19ClN4O3. The normalized spacial score (nSPS) is 23.8. The van der Waals surface area contributed by atoms with E-state index in [1.165, 1.54) is 0 Å². The Balaban J connectivity index is 1.82. The van der Waals surface area contributed by atoms with E-state index >= 15 is 0 Å². The molecule has 1 fully saturated rings. The molecule has 2 aliphatic heterocycles. The van der Waals surface area contributed by atoms with Crippen LogP contribution in [0.5, 0.6) is 5.75 Å². The number of amides is 2. The van der Waals surface area contributed by atoms with Crippen molar-refractivity contribution in [3.63, 3.8) is 0 Å². The number of fused-ring (bicyclic) bond motifs is 4. The van der Waals surface area contributed by atoms with Gasteiger partial charge >= 0.3 is 6.03 Å². The maximum absolute atomic E-state index is 12.9. The van der Waals surface area contributed by atoms with Gasteiger partial charge in [0.25, 0.3) is 0 Å². The third-order valence-corrected chi connectivity index (χ3v) is 5.04. The van der Waals surface area contributed by atoms with Crippen molar-refractivity contribution in [3.8, 4) is 5.75 Å². The number of nitrogens with zero attached hydrogens (tertiary/aromatic N) is 3. The van der Waals surface area contributed by atoms with Gasteiger partial charge in [0, 0.05) is 24.8 Å². The van der Waals surface area contributed by atoms with E-state index in [9.17, 15) is 4.79 Å². The molecule has 2 unspecified atom stereocenters. The number of carbonyl (C=O) groups excluding carboxylic acids is 1. The van der Waals surface area contributed by atoms with Crippen LogP contribution in [0.4, 0.5) is 4.79 Å². The number of benzene rings is 1. The molecule has 2 bridgehead atoms. The molecular weight excluding hydrogens is 356 g/mol. The zero-order chi connectivity index (χ0) is 18.1. The van der Waals surface area contributed by atoms with E-state index in [1.807, 2.05) is 25.1 Å². The maximum Gasteiger partial charge on any atom is 0.321 e. The van der Waals surface area contributed by atoms with E-state index in [2.05, 4.69) is 15.5 Å². The molecule has 0 spiro atoms. The molecule has 0 radical (unpaired) electrons. The van der Waals surface area contributed by atoms with Gasteiger partial charge in [-0.05, 0) is 25.1 Å². The van der Waals surface area contributed by atoms with E-state index in [4.69, 9.17) is 21.1 Å². The standard InChI is InChI=1S/C18H19ClN4O3/c1-2-25-10-9-23-17(24)21-14-11-18(23,15-7-4-8-20-22-15)26-16-12(14)5-3-6-13(16)19/h3-8,14H,2,9-11H2,1H3,(H,21,24). The number of hydrogen-bond donors (Lipinski definition) is 1. The molecule has 2 aliphatic rings. The Hall–Kier alpha value is -2.38. The van der Waals surface area contributed by atoms with E-state index in [0.717, 1.165) is 5.56 Å². The molecule has 1 N–H and O–H groups in total. The van der Waals surface area contributed by atoms with Crippen molar-refractivity contribution in [2.75, 3.05) is 19.8 Å². The first kappa shape index (κ1) is 17.1. The molecule has 1 aromatic carbocycles. The molecule has 7 nitrogen and oxygen atoms in total. The minimum absolute atomic E-state index is 0.213. The second-order valence-corrected chi connectivity index (χ2v) is 6.62. The summed E-state index contributed by atoms with van der Waals surface area (Å²) in [4.78, 5) is 14.5. The first-order valence-electron chi connectivity index (χ1n) is 8.57. The highest BCUT2D eigenvalue weighted by Crippen LogP contribution is 2.50. The number of hydrogen-bond acceptors (Lipinski definition) is 5. The minimum Gasteiger partial charge on any atom is -0.460 e. The fourth-order valence-corrected chi connectivity index (χ4v) is 3.80. The molecule has 2 atom stereocenters. The largest absolute Gasteiger partial charge is 0.460 e. The highest BCUT2D eigenvalue weighted by Gasteiger charge is 2.54. The number of nitrogens with one attached hydrogen (secondary N) is 1. The van der Waals surface area contributed by atoms with Gasteiger partial charge in [0.15, 0.2) is 0 Å². The van der Waals surface area contributed by atoms with Gasteiger partial charge in [-0.15, -0.1) is 5.10 Å². The van der Waals surface area contributed by atoms with Crippen molar-refractivity contribution in [1.29, 1.82) is 0 Å². The lowest BCUT2D eigenvalue weighted by Crippen LogP contribution is -2.65. The van der Waals surface area contributed by atoms with Crippen LogP contribution in [0.3, 0.4) is 0 Å². The number of halogens is 1. The number of aromatic nitrogens is 2. The topological polar surface area (TPSA) is 76.6 Å². The van der Waals surface area contributed by atoms with Gasteiger partial charge in [-0.3, -0.25) is 4.90 Å². The highest BCUT2D eigenvalue weighted by molar-refractivity contribution is 6.32. The molecule has 2 amide bonds. The van der Waals surface area contributed by atoms with Crippen molar-refractivity contribution in [2.45, 2.75) is 25.1 Å². The van der Waals surface area contributed by atoms with Crippen LogP contribution in [0.2, 0.25) is 5.02 Å². The van der Waals surface area contributed by atoms with Crippen LogP contribution in [-0.4, -0.2) is 40.9 Å². The zero-order valence-electron chi connectivity index (χ0n) is 14.3. The van der Waals surface area contributed by atoms with E-state index < -0.39 is 5.72 Å². The number of urea groups is 1. The van der Waals surface area contributed by atoms with Crippen LogP contribution in [-0.2, 0) is 10.5 Å². The minimum atomic E-state index is -1.07. The molecule has 1 saturated heterocycles. The van der Waals surface area contributed by atoms with Gasteiger partial charge in [0.2, 0.25) is 5.72 Å². The summed E-state index contributed by atoms with van der Waals surface area (Å²) < 4.78 is 11.9. The number of rotatable bonds is 5. The average Bonchev–Trinajstić information content (AvgIpc) is 2.66. The van der Waals surface area contributed by atoms with E-state index in [1.54, 1.807) is 23.2 Å². The van der Waals surface area contributed by atoms with Crippen LogP contribution in [0.25, 0.3) is 0 Å². The number of ether oxygens (including phenoxy) is 2. The zero-order valence-corrected chi connectivity index (χ0v) is 15.1. The van der Waals surface area contributed by atoms with Crippen LogP contribution >= 0.6 is 11.6 Å². The molecule has 1 aromatic heterocycles. The second kappa shape index (κ2) is 6.74. The molecule has 4 rings (SSSR count). The Morgan fingerprint density at radius 3 is 3.08 bits per heavy atom. The van der Waals surface area contributed by atoms with Crippen molar-refractivity contribution in [3.05, 3.63) is 52.8 Å². The van der Waals surface area contributed by atoms with Crippen molar-refractivity contribution in [1.82, 2.24) is 20.4 Å². The SMILES string of the molecule is CCOCCN1C(=O)NC2CC1(c1cccnn1)Oc1c(Cl)cccc12. The van der Waals surface area contributed by atoms with Crippen LogP contribution in [0.1, 0.15) is 30.6 Å². The quantitative estimate of drug-likeness (QED) is 0.814. The predicted octanol–water partition coefficient (Wildman–Crippen LogP) is 2.87. The van der Waals surface area contributed by atoms with Gasteiger partial charge in [0.1, 0.15) is 11.4 Å². The number of carbonyl (C=O) groups is 1. The summed E-state index contributed by atoms with van der Waals surface area (Å²) in [5, 5.41) is 11.8. The van der Waals surface area contributed by atoms with Crippen LogP contribution in [0.15, 0.2) is 36.5 Å². The summed E-state index contributed by atoms with van der Waals surface area (Å²) in [5.41, 5.74) is 0.368. The van der Waals surface area contributed by atoms with Gasteiger partial charge < -0.3 is 14.8 Å². The molecule has 0 aliphatic carbocycles. The van der Waals surface area contributed by atoms with Crippen molar-refractivity contribution < 1.29 is 14.3 Å². The molecule has 2 aromatic rings. The number of para-hydroxylation sites is 1. The lowest BCUT2D eigenvalue weighted by Gasteiger charge is -2.51. The summed E-state index contributed by atoms with van der Waals surface area (Å²) in [7, 11) is 0.